The Labute approximate surface area is 423 Å². The van der Waals surface area contributed by atoms with Gasteiger partial charge in [-0.15, -0.1) is 0 Å². The maximum Gasteiger partial charge on any atom is 0.337 e. The van der Waals surface area contributed by atoms with E-state index in [0.717, 1.165) is 21.3 Å². The zero-order valence-electron chi connectivity index (χ0n) is 39.1. The molecule has 17 N–H and O–H groups in total. The molecule has 6 aliphatic heterocycles. The standard InChI is InChI=1S/C39H56O37/c1-63-32(60)25-19(69-36-13(49)7(43)18(24(73-36)30(57)58)68-35-12(48)4(40)5(41)22(72-35)28(53)54)9(45)15(51)38(75-25)71-21-10(46)16(52)39(76-27(21)34(62)65-3)70-20-8(44)14(50)37(74-26(20)33(61)64-2)67-17-6(42)11(47)31(59)66-23(17)29(55)56/h4-27,31,35-52,59H,1-3H3,(H,53,54)(H,55,56)(H,57,58)/t4-,5+,6+,7+,8+,9+,10+,11+,12+,13+,14+,15+,16+,17+,18+,19+,20+,21+,22-,23-,24-,25-,26-,27-,31-,35-,36-,37-,38-,39-/m0/s1. The van der Waals surface area contributed by atoms with Gasteiger partial charge in [0.25, 0.3) is 0 Å². The zero-order valence-corrected chi connectivity index (χ0v) is 39.1. The van der Waals surface area contributed by atoms with Crippen LogP contribution in [0.4, 0.5) is 0 Å². The third-order valence-electron chi connectivity index (χ3n) is 12.8. The molecule has 0 saturated carbocycles. The molecule has 6 aliphatic rings. The number of rotatable bonds is 16. The lowest BCUT2D eigenvalue weighted by Crippen LogP contribution is -2.69. The normalized spacial score (nSPS) is 48.0. The van der Waals surface area contributed by atoms with Gasteiger partial charge >= 0.3 is 35.8 Å². The third kappa shape index (κ3) is 12.0. The van der Waals surface area contributed by atoms with Crippen LogP contribution in [-0.2, 0) is 95.1 Å². The number of esters is 3. The van der Waals surface area contributed by atoms with Gasteiger partial charge in [-0.3, -0.25) is 0 Å². The van der Waals surface area contributed by atoms with Crippen molar-refractivity contribution >= 4 is 35.8 Å². The Bertz CT molecular complexity index is 2050. The van der Waals surface area contributed by atoms with Crippen molar-refractivity contribution in [2.75, 3.05) is 21.3 Å². The molecular weight excluding hydrogens is 1060 g/mol. The molecule has 0 unspecified atom stereocenters. The maximum atomic E-state index is 13.2. The Hall–Kier alpha value is -4.18. The predicted octanol–water partition coefficient (Wildman–Crippen LogP) is -13.3. The summed E-state index contributed by atoms with van der Waals surface area (Å²) < 4.78 is 72.7. The van der Waals surface area contributed by atoms with Gasteiger partial charge in [0.1, 0.15) is 110 Å². The third-order valence-corrected chi connectivity index (χ3v) is 12.8. The van der Waals surface area contributed by atoms with Crippen LogP contribution in [0.1, 0.15) is 0 Å². The summed E-state index contributed by atoms with van der Waals surface area (Å²) in [5.74, 6) is -10.2. The van der Waals surface area contributed by atoms with E-state index >= 15 is 0 Å². The van der Waals surface area contributed by atoms with Crippen LogP contribution in [0.5, 0.6) is 0 Å². The summed E-state index contributed by atoms with van der Waals surface area (Å²) in [6.07, 6.45) is -70.6. The number of hydrogen-bond donors (Lipinski definition) is 17. The summed E-state index contributed by atoms with van der Waals surface area (Å²) in [7, 11) is 2.32. The van der Waals surface area contributed by atoms with Crippen LogP contribution in [-0.4, -0.2) is 328 Å². The van der Waals surface area contributed by atoms with Gasteiger partial charge in [-0.25, -0.2) is 28.8 Å². The van der Waals surface area contributed by atoms with Crippen molar-refractivity contribution in [2.45, 2.75) is 184 Å². The van der Waals surface area contributed by atoms with Crippen LogP contribution in [0.25, 0.3) is 0 Å². The van der Waals surface area contributed by atoms with E-state index in [1.165, 1.54) is 0 Å². The molecule has 6 fully saturated rings. The minimum Gasteiger partial charge on any atom is -0.479 e. The number of aliphatic hydroxyl groups excluding tert-OH is 14. The average molecular weight is 1120 g/mol. The molecule has 0 amide bonds. The lowest BCUT2D eigenvalue weighted by molar-refractivity contribution is -0.386. The minimum absolute atomic E-state index is 0.761. The Morgan fingerprint density at radius 3 is 0.776 bits per heavy atom. The van der Waals surface area contributed by atoms with Crippen LogP contribution in [0.3, 0.4) is 0 Å². The monoisotopic (exact) mass is 1120 g/mol. The number of aliphatic carboxylic acids is 3. The number of hydrogen-bond acceptors (Lipinski definition) is 34. The number of carbonyl (C=O) groups excluding carboxylic acids is 3. The van der Waals surface area contributed by atoms with Crippen LogP contribution >= 0.6 is 0 Å². The molecule has 76 heavy (non-hydrogen) atoms. The molecule has 0 aromatic rings. The summed E-state index contributed by atoms with van der Waals surface area (Å²) in [6, 6.07) is 0. The molecule has 0 bridgehead atoms. The molecule has 0 aliphatic carbocycles. The summed E-state index contributed by atoms with van der Waals surface area (Å²) in [4.78, 5) is 75.2. The molecule has 6 rings (SSSR count). The van der Waals surface area contributed by atoms with Gasteiger partial charge in [0.05, 0.1) is 21.3 Å². The average Bonchev–Trinajstić information content (AvgIpc) is 3.39. The molecule has 0 radical (unpaired) electrons. The highest BCUT2D eigenvalue weighted by atomic mass is 16.8. The van der Waals surface area contributed by atoms with Gasteiger partial charge < -0.3 is 153 Å². The fourth-order valence-electron chi connectivity index (χ4n) is 8.66. The maximum absolute atomic E-state index is 13.2. The summed E-state index contributed by atoms with van der Waals surface area (Å²) in [5.41, 5.74) is 0. The van der Waals surface area contributed by atoms with Gasteiger partial charge in [-0.05, 0) is 0 Å². The molecule has 0 aromatic heterocycles. The molecule has 6 saturated heterocycles. The molecule has 30 atom stereocenters. The largest absolute Gasteiger partial charge is 0.479 e. The van der Waals surface area contributed by atoms with Crippen molar-refractivity contribution in [2.24, 2.45) is 0 Å². The molecule has 6 heterocycles. The van der Waals surface area contributed by atoms with E-state index in [1.54, 1.807) is 0 Å². The highest BCUT2D eigenvalue weighted by molar-refractivity contribution is 5.77. The van der Waals surface area contributed by atoms with Crippen molar-refractivity contribution in [1.29, 1.82) is 0 Å². The van der Waals surface area contributed by atoms with Crippen molar-refractivity contribution in [3.05, 3.63) is 0 Å². The molecule has 0 spiro atoms. The quantitative estimate of drug-likeness (QED) is 0.0504. The summed E-state index contributed by atoms with van der Waals surface area (Å²) >= 11 is 0. The summed E-state index contributed by atoms with van der Waals surface area (Å²) in [5, 5.41) is 180. The molecule has 37 heteroatoms. The summed E-state index contributed by atoms with van der Waals surface area (Å²) in [6.45, 7) is 0. The number of ether oxygens (including phenoxy) is 14. The predicted molar refractivity (Wildman–Crippen MR) is 216 cm³/mol. The number of carbonyl (C=O) groups is 6. The van der Waals surface area contributed by atoms with Gasteiger partial charge in [0.15, 0.2) is 74.4 Å². The Balaban J connectivity index is 1.17. The van der Waals surface area contributed by atoms with Gasteiger partial charge in [-0.2, -0.15) is 0 Å². The van der Waals surface area contributed by atoms with Crippen LogP contribution in [0.2, 0.25) is 0 Å². The van der Waals surface area contributed by atoms with E-state index in [0.29, 0.717) is 0 Å². The first kappa shape index (κ1) is 61.0. The molecular formula is C39H56O37. The molecule has 434 valence electrons. The van der Waals surface area contributed by atoms with E-state index in [1.807, 2.05) is 0 Å². The smallest absolute Gasteiger partial charge is 0.337 e. The lowest BCUT2D eigenvalue weighted by atomic mass is 9.94. The number of methoxy groups -OCH3 is 3. The number of aliphatic hydroxyl groups is 14. The van der Waals surface area contributed by atoms with Crippen molar-refractivity contribution in [1.82, 2.24) is 0 Å². The van der Waals surface area contributed by atoms with Crippen LogP contribution in [0.15, 0.2) is 0 Å². The van der Waals surface area contributed by atoms with E-state index in [-0.39, 0.29) is 0 Å². The first-order valence-electron chi connectivity index (χ1n) is 22.3. The second-order valence-corrected chi connectivity index (χ2v) is 17.5. The second-order valence-electron chi connectivity index (χ2n) is 17.5. The topological polar surface area (TPSA) is 576 Å². The highest BCUT2D eigenvalue weighted by Gasteiger charge is 2.61. The number of carboxylic acids is 3. The first-order chi connectivity index (χ1) is 35.6. The highest BCUT2D eigenvalue weighted by Crippen LogP contribution is 2.37. The zero-order chi connectivity index (χ0) is 56.7. The Kier molecular flexibility index (Phi) is 20.0. The van der Waals surface area contributed by atoms with Crippen molar-refractivity contribution < 1.29 is 182 Å². The lowest BCUT2D eigenvalue weighted by Gasteiger charge is -2.49. The van der Waals surface area contributed by atoms with Crippen molar-refractivity contribution in [3.63, 3.8) is 0 Å². The molecule has 0 aromatic carbocycles. The second kappa shape index (κ2) is 24.9. The Morgan fingerprint density at radius 1 is 0.276 bits per heavy atom. The SMILES string of the molecule is COC(=O)[C@H]1O[C@H](O[C@@H]2[C@H](O)[C@@H](O)[C@@H](O[C@@H]3[C@H](O)[C@@H](O)[C@@H](O[C@@H]4[C@H](O)[C@@H](O)[C@@H](O)O[C@@H]4C(=O)O)O[C@@H]3C(=O)OC)O[C@@H]2C(=O)OC)[C@H](O)[C@@H](O)[C@H]1O[C@H]1O[C@H](C(=O)O)[C@H](O[C@H]2O[C@H](C(=O)O)[C@H](O)[C@H](O)[C@H]2O)[C@H](O)[C@H]1O. The number of carboxylic acid groups (broad SMARTS) is 3. The first-order valence-corrected chi connectivity index (χ1v) is 22.3. The van der Waals surface area contributed by atoms with Gasteiger partial charge in [0, 0.05) is 0 Å². The van der Waals surface area contributed by atoms with E-state index in [9.17, 15) is 116 Å². The van der Waals surface area contributed by atoms with Crippen LogP contribution < -0.4 is 0 Å². The van der Waals surface area contributed by atoms with E-state index in [2.05, 4.69) is 9.47 Å². The van der Waals surface area contributed by atoms with E-state index < -0.39 is 220 Å². The fourth-order valence-corrected chi connectivity index (χ4v) is 8.66. The van der Waals surface area contributed by atoms with Gasteiger partial charge in [0.2, 0.25) is 0 Å². The Morgan fingerprint density at radius 2 is 0.500 bits per heavy atom. The van der Waals surface area contributed by atoms with E-state index in [4.69, 9.17) is 56.8 Å². The van der Waals surface area contributed by atoms with Gasteiger partial charge in [-0.1, -0.05) is 0 Å². The molecule has 37 nitrogen and oxygen atoms in total. The van der Waals surface area contributed by atoms with Crippen molar-refractivity contribution in [3.8, 4) is 0 Å². The van der Waals surface area contributed by atoms with Crippen LogP contribution in [0, 0.1) is 0 Å². The minimum atomic E-state index is -2.51. The fraction of sp³-hybridized carbons (Fsp3) is 0.846.